The number of carbonyl (C=O) groups is 1. The smallest absolute Gasteiger partial charge is 0.378 e. The third-order valence-electron chi connectivity index (χ3n) is 5.35. The van der Waals surface area contributed by atoms with Crippen LogP contribution in [-0.4, -0.2) is 55.1 Å². The molecule has 0 bridgehead atoms. The van der Waals surface area contributed by atoms with Gasteiger partial charge in [-0.15, -0.1) is 0 Å². The number of carbonyl (C=O) groups excluding carboxylic acids is 1. The summed E-state index contributed by atoms with van der Waals surface area (Å²) in [5.41, 5.74) is -0.580. The zero-order valence-corrected chi connectivity index (χ0v) is 15.0. The molecule has 1 heterocycles. The van der Waals surface area contributed by atoms with Crippen molar-refractivity contribution < 1.29 is 22.7 Å². The molecule has 1 atom stereocenters. The number of ether oxygens (including phenoxy) is 1. The first-order chi connectivity index (χ1) is 12.4. The lowest BCUT2D eigenvalue weighted by atomic mass is 9.84. The van der Waals surface area contributed by atoms with Crippen LogP contribution in [0.1, 0.15) is 30.4 Å². The number of likely N-dealkylation sites (N-methyl/N-ethyl adjacent to an activating group) is 1. The lowest BCUT2D eigenvalue weighted by Gasteiger charge is -2.40. The molecule has 0 radical (unpaired) electrons. The Labute approximate surface area is 151 Å². The number of amides is 1. The molecule has 0 spiro atoms. The molecule has 0 unspecified atom stereocenters. The van der Waals surface area contributed by atoms with E-state index in [1.54, 1.807) is 13.1 Å². The highest BCUT2D eigenvalue weighted by molar-refractivity contribution is 5.82. The highest BCUT2D eigenvalue weighted by Gasteiger charge is 2.36. The van der Waals surface area contributed by atoms with Gasteiger partial charge in [-0.05, 0) is 30.4 Å². The second kappa shape index (κ2) is 7.96. The highest BCUT2D eigenvalue weighted by atomic mass is 19.4. The van der Waals surface area contributed by atoms with Crippen LogP contribution in [0.25, 0.3) is 0 Å². The average molecular weight is 370 g/mol. The van der Waals surface area contributed by atoms with Gasteiger partial charge in [0.1, 0.15) is 6.04 Å². The summed E-state index contributed by atoms with van der Waals surface area (Å²) in [5, 5.41) is 0. The van der Waals surface area contributed by atoms with Crippen LogP contribution < -0.4 is 0 Å². The molecule has 2 fully saturated rings. The maximum atomic E-state index is 13.2. The van der Waals surface area contributed by atoms with Crippen LogP contribution in [0.3, 0.4) is 0 Å². The van der Waals surface area contributed by atoms with E-state index in [-0.39, 0.29) is 18.0 Å². The van der Waals surface area contributed by atoms with Crippen molar-refractivity contribution in [3.8, 4) is 0 Å². The summed E-state index contributed by atoms with van der Waals surface area (Å²) in [6.45, 7) is 2.39. The maximum absolute atomic E-state index is 13.2. The molecule has 0 N–H and O–H groups in total. The van der Waals surface area contributed by atoms with Gasteiger partial charge >= 0.3 is 6.18 Å². The highest BCUT2D eigenvalue weighted by Crippen LogP contribution is 2.32. The third-order valence-corrected chi connectivity index (χ3v) is 5.35. The first-order valence-corrected chi connectivity index (χ1v) is 9.08. The molecular weight excluding hydrogens is 345 g/mol. The van der Waals surface area contributed by atoms with Crippen LogP contribution in [0.15, 0.2) is 24.3 Å². The molecule has 1 aliphatic carbocycles. The fraction of sp³-hybridized carbons (Fsp3) is 0.632. The molecule has 2 aliphatic rings. The molecule has 0 aromatic heterocycles. The van der Waals surface area contributed by atoms with Crippen LogP contribution in [0.4, 0.5) is 13.2 Å². The van der Waals surface area contributed by atoms with E-state index in [1.807, 2.05) is 0 Å². The van der Waals surface area contributed by atoms with E-state index in [0.717, 1.165) is 12.6 Å². The van der Waals surface area contributed by atoms with Crippen molar-refractivity contribution in [2.45, 2.75) is 38.0 Å². The SMILES string of the molecule is CN(Cc1ccccc1C(F)(F)F)C(=O)[C@@H]1COCCN1CC1CCC1. The lowest BCUT2D eigenvalue weighted by molar-refractivity contribution is -0.145. The number of hydrogen-bond donors (Lipinski definition) is 0. The fourth-order valence-electron chi connectivity index (χ4n) is 3.61. The first-order valence-electron chi connectivity index (χ1n) is 9.08. The van der Waals surface area contributed by atoms with Crippen LogP contribution in [0.2, 0.25) is 0 Å². The van der Waals surface area contributed by atoms with Crippen molar-refractivity contribution in [1.82, 2.24) is 9.80 Å². The van der Waals surface area contributed by atoms with Gasteiger partial charge in [0.05, 0.1) is 18.8 Å². The molecule has 3 rings (SSSR count). The van der Waals surface area contributed by atoms with Crippen LogP contribution in [-0.2, 0) is 22.3 Å². The fourth-order valence-corrected chi connectivity index (χ4v) is 3.61. The van der Waals surface area contributed by atoms with E-state index < -0.39 is 17.8 Å². The molecule has 4 nitrogen and oxygen atoms in total. The minimum absolute atomic E-state index is 0.0672. The summed E-state index contributed by atoms with van der Waals surface area (Å²) in [6.07, 6.45) is -0.813. The van der Waals surface area contributed by atoms with Gasteiger partial charge in [-0.25, -0.2) is 0 Å². The number of morpholine rings is 1. The lowest BCUT2D eigenvalue weighted by Crippen LogP contribution is -2.55. The first kappa shape index (κ1) is 19.2. The quantitative estimate of drug-likeness (QED) is 0.798. The van der Waals surface area contributed by atoms with Crippen LogP contribution in [0.5, 0.6) is 0 Å². The topological polar surface area (TPSA) is 32.8 Å². The van der Waals surface area contributed by atoms with Gasteiger partial charge in [0, 0.05) is 26.7 Å². The van der Waals surface area contributed by atoms with Gasteiger partial charge < -0.3 is 9.64 Å². The average Bonchev–Trinajstić information content (AvgIpc) is 2.57. The van der Waals surface area contributed by atoms with E-state index in [1.165, 1.54) is 36.3 Å². The summed E-state index contributed by atoms with van der Waals surface area (Å²) < 4.78 is 45.0. The summed E-state index contributed by atoms with van der Waals surface area (Å²) in [7, 11) is 1.56. The molecule has 1 aromatic carbocycles. The number of halogens is 3. The van der Waals surface area contributed by atoms with Crippen LogP contribution >= 0.6 is 0 Å². The van der Waals surface area contributed by atoms with Gasteiger partial charge in [-0.3, -0.25) is 9.69 Å². The molecule has 7 heteroatoms. The maximum Gasteiger partial charge on any atom is 0.416 e. The third kappa shape index (κ3) is 4.38. The number of nitrogens with zero attached hydrogens (tertiary/aromatic N) is 2. The van der Waals surface area contributed by atoms with Crippen molar-refractivity contribution in [2.24, 2.45) is 5.92 Å². The summed E-state index contributed by atoms with van der Waals surface area (Å²) in [6, 6.07) is 5.00. The van der Waals surface area contributed by atoms with Crippen molar-refractivity contribution in [3.05, 3.63) is 35.4 Å². The molecule has 1 amide bonds. The van der Waals surface area contributed by atoms with Crippen molar-refractivity contribution in [1.29, 1.82) is 0 Å². The van der Waals surface area contributed by atoms with E-state index >= 15 is 0 Å². The minimum atomic E-state index is -4.43. The van der Waals surface area contributed by atoms with Gasteiger partial charge in [0.15, 0.2) is 0 Å². The van der Waals surface area contributed by atoms with Crippen LogP contribution in [0, 0.1) is 5.92 Å². The Balaban J connectivity index is 1.68. The Morgan fingerprint density at radius 3 is 2.69 bits per heavy atom. The Morgan fingerprint density at radius 2 is 2.04 bits per heavy atom. The van der Waals surface area contributed by atoms with Crippen molar-refractivity contribution in [3.63, 3.8) is 0 Å². The minimum Gasteiger partial charge on any atom is -0.378 e. The molecular formula is C19H25F3N2O2. The molecule has 26 heavy (non-hydrogen) atoms. The summed E-state index contributed by atoms with van der Waals surface area (Å²) in [5.74, 6) is 0.445. The zero-order valence-electron chi connectivity index (χ0n) is 15.0. The van der Waals surface area contributed by atoms with E-state index in [4.69, 9.17) is 4.74 Å². The van der Waals surface area contributed by atoms with E-state index in [2.05, 4.69) is 4.90 Å². The largest absolute Gasteiger partial charge is 0.416 e. The van der Waals surface area contributed by atoms with Gasteiger partial charge in [-0.2, -0.15) is 13.2 Å². The van der Waals surface area contributed by atoms with Crippen molar-refractivity contribution >= 4 is 5.91 Å². The Hall–Kier alpha value is -1.60. The Bertz CT molecular complexity index is 631. The number of rotatable bonds is 5. The predicted octanol–water partition coefficient (Wildman–Crippen LogP) is 3.16. The predicted molar refractivity (Wildman–Crippen MR) is 91.4 cm³/mol. The second-order valence-electron chi connectivity index (χ2n) is 7.23. The summed E-state index contributed by atoms with van der Waals surface area (Å²) >= 11 is 0. The zero-order chi connectivity index (χ0) is 18.7. The van der Waals surface area contributed by atoms with Crippen molar-refractivity contribution in [2.75, 3.05) is 33.4 Å². The number of alkyl halides is 3. The normalized spacial score (nSPS) is 22.1. The Kier molecular flexibility index (Phi) is 5.87. The van der Waals surface area contributed by atoms with E-state index in [0.29, 0.717) is 25.7 Å². The number of hydrogen-bond acceptors (Lipinski definition) is 3. The molecule has 144 valence electrons. The molecule has 1 saturated carbocycles. The Morgan fingerprint density at radius 1 is 1.31 bits per heavy atom. The monoisotopic (exact) mass is 370 g/mol. The molecule has 1 aromatic rings. The van der Waals surface area contributed by atoms with Gasteiger partial charge in [-0.1, -0.05) is 24.6 Å². The second-order valence-corrected chi connectivity index (χ2v) is 7.23. The summed E-state index contributed by atoms with van der Waals surface area (Å²) in [4.78, 5) is 16.4. The van der Waals surface area contributed by atoms with E-state index in [9.17, 15) is 18.0 Å². The number of benzene rings is 1. The molecule has 1 aliphatic heterocycles. The standard InChI is InChI=1S/C19H25F3N2O2/c1-23(12-15-7-2-3-8-16(15)19(20,21)22)18(25)17-13-26-10-9-24(17)11-14-5-4-6-14/h2-3,7-8,14,17H,4-6,9-13H2,1H3/t17-/m0/s1. The van der Waals surface area contributed by atoms with Gasteiger partial charge in [0.25, 0.3) is 0 Å². The van der Waals surface area contributed by atoms with Gasteiger partial charge in [0.2, 0.25) is 5.91 Å². The molecule has 1 saturated heterocycles.